The summed E-state index contributed by atoms with van der Waals surface area (Å²) in [7, 11) is 0. The highest BCUT2D eigenvalue weighted by molar-refractivity contribution is 7.71. The summed E-state index contributed by atoms with van der Waals surface area (Å²) in [5.41, 5.74) is -1.06. The standard InChI is InChI=1S/C22H27F3N6OS/c1-2-9-30-20(16-7-8-16)27-31(21(30)33)15-29-12-10-28(11-13-29)14-19(32)26-18-6-4-3-5-17(18)22(23,24)25/h2-6,16H,1,7-15H2,(H,26,32). The number of amides is 1. The van der Waals surface area contributed by atoms with E-state index >= 15 is 0 Å². The number of rotatable bonds is 8. The minimum absolute atomic E-state index is 0.0409. The van der Waals surface area contributed by atoms with E-state index in [-0.39, 0.29) is 12.2 Å². The molecule has 2 aliphatic rings. The number of aromatic nitrogens is 3. The molecule has 4 rings (SSSR count). The van der Waals surface area contributed by atoms with Gasteiger partial charge in [-0.2, -0.15) is 18.3 Å². The summed E-state index contributed by atoms with van der Waals surface area (Å²) in [6.07, 6.45) is -0.423. The minimum Gasteiger partial charge on any atom is -0.324 e. The Morgan fingerprint density at radius 3 is 2.48 bits per heavy atom. The highest BCUT2D eigenvalue weighted by Gasteiger charge is 2.34. The summed E-state index contributed by atoms with van der Waals surface area (Å²) in [6, 6.07) is 5.01. The van der Waals surface area contributed by atoms with Crippen molar-refractivity contribution in [1.82, 2.24) is 24.1 Å². The summed E-state index contributed by atoms with van der Waals surface area (Å²) in [4.78, 5) is 16.5. The van der Waals surface area contributed by atoms with Crippen LogP contribution in [-0.4, -0.2) is 62.8 Å². The van der Waals surface area contributed by atoms with Crippen LogP contribution >= 0.6 is 12.2 Å². The van der Waals surface area contributed by atoms with Crippen LogP contribution in [0.15, 0.2) is 36.9 Å². The van der Waals surface area contributed by atoms with Crippen molar-refractivity contribution in [1.29, 1.82) is 0 Å². The molecular formula is C22H27F3N6OS. The molecule has 0 spiro atoms. The van der Waals surface area contributed by atoms with Crippen molar-refractivity contribution >= 4 is 23.8 Å². The van der Waals surface area contributed by atoms with E-state index in [9.17, 15) is 18.0 Å². The van der Waals surface area contributed by atoms with E-state index in [0.29, 0.717) is 50.1 Å². The molecule has 7 nitrogen and oxygen atoms in total. The summed E-state index contributed by atoms with van der Waals surface area (Å²) in [5, 5.41) is 7.15. The van der Waals surface area contributed by atoms with Gasteiger partial charge in [0.25, 0.3) is 0 Å². The summed E-state index contributed by atoms with van der Waals surface area (Å²) in [6.45, 7) is 7.74. The van der Waals surface area contributed by atoms with Gasteiger partial charge < -0.3 is 5.32 Å². The monoisotopic (exact) mass is 480 g/mol. The Morgan fingerprint density at radius 2 is 1.85 bits per heavy atom. The average molecular weight is 481 g/mol. The van der Waals surface area contributed by atoms with Gasteiger partial charge in [0, 0.05) is 38.6 Å². The number of carbonyl (C=O) groups excluding carboxylic acids is 1. The normalized spacial score (nSPS) is 17.8. The van der Waals surface area contributed by atoms with Crippen LogP contribution in [0, 0.1) is 4.77 Å². The van der Waals surface area contributed by atoms with Crippen molar-refractivity contribution < 1.29 is 18.0 Å². The molecule has 33 heavy (non-hydrogen) atoms. The van der Waals surface area contributed by atoms with E-state index < -0.39 is 17.6 Å². The van der Waals surface area contributed by atoms with Crippen molar-refractivity contribution in [3.63, 3.8) is 0 Å². The zero-order valence-corrected chi connectivity index (χ0v) is 19.0. The Morgan fingerprint density at radius 1 is 1.18 bits per heavy atom. The van der Waals surface area contributed by atoms with Crippen LogP contribution in [0.1, 0.15) is 30.1 Å². The number of para-hydroxylation sites is 1. The number of carbonyl (C=O) groups is 1. The van der Waals surface area contributed by atoms with Crippen LogP contribution in [0.25, 0.3) is 0 Å². The van der Waals surface area contributed by atoms with Gasteiger partial charge in [0.15, 0.2) is 4.77 Å². The SMILES string of the molecule is C=CCn1c(C2CC2)nn(CN2CCN(CC(=O)Nc3ccccc3C(F)(F)F)CC2)c1=S. The van der Waals surface area contributed by atoms with E-state index in [0.717, 1.165) is 24.7 Å². The predicted molar refractivity (Wildman–Crippen MR) is 121 cm³/mol. The van der Waals surface area contributed by atoms with E-state index in [1.54, 1.807) is 0 Å². The van der Waals surface area contributed by atoms with Crippen molar-refractivity contribution in [2.24, 2.45) is 0 Å². The number of benzene rings is 1. The van der Waals surface area contributed by atoms with E-state index in [2.05, 4.69) is 16.8 Å². The second-order valence-corrected chi connectivity index (χ2v) is 8.81. The Kier molecular flexibility index (Phi) is 7.01. The number of alkyl halides is 3. The van der Waals surface area contributed by atoms with Crippen LogP contribution in [0.4, 0.5) is 18.9 Å². The van der Waals surface area contributed by atoms with Crippen LogP contribution in [0.5, 0.6) is 0 Å². The van der Waals surface area contributed by atoms with Gasteiger partial charge in [-0.15, -0.1) is 6.58 Å². The molecule has 2 fully saturated rings. The fourth-order valence-corrected chi connectivity index (χ4v) is 4.27. The molecule has 0 atom stereocenters. The molecule has 2 heterocycles. The van der Waals surface area contributed by atoms with Gasteiger partial charge in [0.2, 0.25) is 5.91 Å². The smallest absolute Gasteiger partial charge is 0.324 e. The first kappa shape index (κ1) is 23.7. The number of nitrogens with one attached hydrogen (secondary N) is 1. The maximum Gasteiger partial charge on any atom is 0.418 e. The van der Waals surface area contributed by atoms with Crippen LogP contribution < -0.4 is 5.32 Å². The second-order valence-electron chi connectivity index (χ2n) is 8.44. The molecule has 0 bridgehead atoms. The fraction of sp³-hybridized carbons (Fsp3) is 0.500. The Bertz CT molecular complexity index is 1070. The predicted octanol–water partition coefficient (Wildman–Crippen LogP) is 3.71. The number of hydrogen-bond donors (Lipinski definition) is 1. The largest absolute Gasteiger partial charge is 0.418 e. The number of hydrogen-bond acceptors (Lipinski definition) is 5. The first-order chi connectivity index (χ1) is 15.8. The number of piperazine rings is 1. The second kappa shape index (κ2) is 9.78. The molecule has 1 saturated heterocycles. The Balaban J connectivity index is 1.30. The fourth-order valence-electron chi connectivity index (χ4n) is 4.00. The third-order valence-corrected chi connectivity index (χ3v) is 6.31. The van der Waals surface area contributed by atoms with Gasteiger partial charge in [-0.05, 0) is 37.2 Å². The van der Waals surface area contributed by atoms with Crippen LogP contribution in [0.3, 0.4) is 0 Å². The first-order valence-electron chi connectivity index (χ1n) is 11.0. The topological polar surface area (TPSA) is 58.3 Å². The molecule has 1 aromatic heterocycles. The van der Waals surface area contributed by atoms with Gasteiger partial charge in [0.1, 0.15) is 5.82 Å². The quantitative estimate of drug-likeness (QED) is 0.461. The van der Waals surface area contributed by atoms with Gasteiger partial charge in [-0.1, -0.05) is 18.2 Å². The lowest BCUT2D eigenvalue weighted by molar-refractivity contribution is -0.137. The maximum absolute atomic E-state index is 13.1. The van der Waals surface area contributed by atoms with E-state index in [1.807, 2.05) is 20.2 Å². The van der Waals surface area contributed by atoms with E-state index in [4.69, 9.17) is 17.3 Å². The average Bonchev–Trinajstić information content (AvgIpc) is 3.56. The summed E-state index contributed by atoms with van der Waals surface area (Å²) >= 11 is 5.62. The number of allylic oxidation sites excluding steroid dienone is 1. The molecule has 1 aliphatic heterocycles. The van der Waals surface area contributed by atoms with Crippen molar-refractivity contribution in [3.05, 3.63) is 53.1 Å². The van der Waals surface area contributed by atoms with Crippen LogP contribution in [0.2, 0.25) is 0 Å². The number of halogens is 3. The Labute approximate surface area is 195 Å². The molecule has 1 saturated carbocycles. The molecule has 0 unspecified atom stereocenters. The van der Waals surface area contributed by atoms with Gasteiger partial charge in [0.05, 0.1) is 24.5 Å². The summed E-state index contributed by atoms with van der Waals surface area (Å²) < 4.78 is 44.0. The number of anilines is 1. The zero-order valence-electron chi connectivity index (χ0n) is 18.2. The molecule has 0 radical (unpaired) electrons. The maximum atomic E-state index is 13.1. The molecular weight excluding hydrogens is 453 g/mol. The molecule has 1 aromatic carbocycles. The lowest BCUT2D eigenvalue weighted by Gasteiger charge is -2.34. The first-order valence-corrected chi connectivity index (χ1v) is 11.4. The van der Waals surface area contributed by atoms with Gasteiger partial charge in [-0.3, -0.25) is 19.2 Å². The van der Waals surface area contributed by atoms with Crippen LogP contribution in [-0.2, 0) is 24.2 Å². The van der Waals surface area contributed by atoms with Gasteiger partial charge in [-0.25, -0.2) is 4.68 Å². The third-order valence-electron chi connectivity index (χ3n) is 5.88. The molecule has 11 heteroatoms. The summed E-state index contributed by atoms with van der Waals surface area (Å²) in [5.74, 6) is 1.04. The molecule has 2 aromatic rings. The number of nitrogens with zero attached hydrogens (tertiary/aromatic N) is 5. The van der Waals surface area contributed by atoms with E-state index in [1.165, 1.54) is 18.2 Å². The lowest BCUT2D eigenvalue weighted by atomic mass is 10.1. The zero-order chi connectivity index (χ0) is 23.6. The molecule has 1 N–H and O–H groups in total. The highest BCUT2D eigenvalue weighted by atomic mass is 32.1. The van der Waals surface area contributed by atoms with Crippen molar-refractivity contribution in [2.45, 2.75) is 38.1 Å². The highest BCUT2D eigenvalue weighted by Crippen LogP contribution is 2.39. The third kappa shape index (κ3) is 5.71. The molecule has 1 aliphatic carbocycles. The minimum atomic E-state index is -4.52. The molecule has 178 valence electrons. The van der Waals surface area contributed by atoms with Crippen molar-refractivity contribution in [2.75, 3.05) is 38.0 Å². The lowest BCUT2D eigenvalue weighted by Crippen LogP contribution is -2.49. The van der Waals surface area contributed by atoms with Gasteiger partial charge >= 0.3 is 6.18 Å². The van der Waals surface area contributed by atoms with Crippen molar-refractivity contribution in [3.8, 4) is 0 Å². The molecule has 1 amide bonds. The Hall–Kier alpha value is -2.50.